The predicted octanol–water partition coefficient (Wildman–Crippen LogP) is 4.01. The summed E-state index contributed by atoms with van der Waals surface area (Å²) in [6.45, 7) is 0. The molecule has 2 rings (SSSR count). The molecule has 0 unspecified atom stereocenters. The van der Waals surface area contributed by atoms with Crippen LogP contribution in [0.4, 0.5) is 0 Å². The van der Waals surface area contributed by atoms with Gasteiger partial charge in [0, 0.05) is 39.6 Å². The normalized spacial score (nSPS) is 12.3. The molecule has 0 aliphatic heterocycles. The van der Waals surface area contributed by atoms with Crippen molar-refractivity contribution in [3.63, 3.8) is 0 Å². The fourth-order valence-corrected chi connectivity index (χ4v) is 4.19. The Morgan fingerprint density at radius 3 is 1.20 bits per heavy atom. The SMILES string of the molecule is COC(CSCC(OC)(OC)c1ccccc1)(OC)c1ccccc1. The Bertz CT molecular complexity index is 555. The Hall–Kier alpha value is -1.37. The van der Waals surface area contributed by atoms with Crippen LogP contribution in [0.15, 0.2) is 60.7 Å². The van der Waals surface area contributed by atoms with E-state index in [0.29, 0.717) is 11.5 Å². The van der Waals surface area contributed by atoms with Gasteiger partial charge < -0.3 is 18.9 Å². The van der Waals surface area contributed by atoms with Gasteiger partial charge in [0.2, 0.25) is 11.6 Å². The number of hydrogen-bond acceptors (Lipinski definition) is 5. The summed E-state index contributed by atoms with van der Waals surface area (Å²) in [7, 11) is 6.64. The lowest BCUT2D eigenvalue weighted by Crippen LogP contribution is -2.37. The first-order valence-electron chi connectivity index (χ1n) is 8.06. The Kier molecular flexibility index (Phi) is 7.47. The molecule has 0 atom stereocenters. The Balaban J connectivity index is 2.15. The molecule has 0 radical (unpaired) electrons. The highest BCUT2D eigenvalue weighted by molar-refractivity contribution is 7.99. The average molecular weight is 362 g/mol. The maximum atomic E-state index is 5.74. The molecule has 136 valence electrons. The molecule has 0 fully saturated rings. The van der Waals surface area contributed by atoms with Crippen LogP contribution in [0.3, 0.4) is 0 Å². The highest BCUT2D eigenvalue weighted by atomic mass is 32.2. The summed E-state index contributed by atoms with van der Waals surface area (Å²) in [5.74, 6) is -0.414. The van der Waals surface area contributed by atoms with Gasteiger partial charge in [-0.15, -0.1) is 11.8 Å². The third-order valence-electron chi connectivity index (χ3n) is 4.33. The quantitative estimate of drug-likeness (QED) is 0.597. The second kappa shape index (κ2) is 9.36. The fraction of sp³-hybridized carbons (Fsp3) is 0.400. The van der Waals surface area contributed by atoms with Gasteiger partial charge in [-0.05, 0) is 0 Å². The van der Waals surface area contributed by atoms with Gasteiger partial charge in [-0.1, -0.05) is 60.7 Å². The van der Waals surface area contributed by atoms with E-state index in [4.69, 9.17) is 18.9 Å². The molecule has 0 saturated heterocycles. The molecule has 0 aliphatic carbocycles. The van der Waals surface area contributed by atoms with Gasteiger partial charge in [0.25, 0.3) is 0 Å². The van der Waals surface area contributed by atoms with E-state index in [0.717, 1.165) is 11.1 Å². The summed E-state index contributed by atoms with van der Waals surface area (Å²) in [6, 6.07) is 19.9. The van der Waals surface area contributed by atoms with Crippen molar-refractivity contribution in [2.45, 2.75) is 11.6 Å². The number of thioether (sulfide) groups is 1. The summed E-state index contributed by atoms with van der Waals surface area (Å²) in [4.78, 5) is 0. The van der Waals surface area contributed by atoms with Crippen molar-refractivity contribution in [1.29, 1.82) is 0 Å². The molecule has 0 saturated carbocycles. The Morgan fingerprint density at radius 1 is 0.600 bits per heavy atom. The van der Waals surface area contributed by atoms with Crippen molar-refractivity contribution < 1.29 is 18.9 Å². The van der Waals surface area contributed by atoms with Gasteiger partial charge in [0.05, 0.1) is 11.5 Å². The van der Waals surface area contributed by atoms with Gasteiger partial charge in [0.1, 0.15) is 0 Å². The van der Waals surface area contributed by atoms with Crippen molar-refractivity contribution in [3.8, 4) is 0 Å². The van der Waals surface area contributed by atoms with Crippen LogP contribution in [-0.4, -0.2) is 39.9 Å². The molecule has 0 N–H and O–H groups in total. The molecule has 4 nitrogen and oxygen atoms in total. The molecule has 0 spiro atoms. The monoisotopic (exact) mass is 362 g/mol. The lowest BCUT2D eigenvalue weighted by Gasteiger charge is -2.34. The van der Waals surface area contributed by atoms with Gasteiger partial charge in [-0.2, -0.15) is 0 Å². The summed E-state index contributed by atoms with van der Waals surface area (Å²) in [5.41, 5.74) is 1.96. The lowest BCUT2D eigenvalue weighted by atomic mass is 10.1. The highest BCUT2D eigenvalue weighted by Gasteiger charge is 2.36. The molecule has 2 aromatic rings. The molecule has 2 aromatic carbocycles. The number of ether oxygens (including phenoxy) is 4. The van der Waals surface area contributed by atoms with Crippen LogP contribution in [0.5, 0.6) is 0 Å². The van der Waals surface area contributed by atoms with E-state index in [-0.39, 0.29) is 0 Å². The minimum atomic E-state index is -0.810. The van der Waals surface area contributed by atoms with Crippen LogP contribution in [0.2, 0.25) is 0 Å². The summed E-state index contributed by atoms with van der Waals surface area (Å²) >= 11 is 1.66. The van der Waals surface area contributed by atoms with Crippen LogP contribution < -0.4 is 0 Å². The Labute approximate surface area is 154 Å². The highest BCUT2D eigenvalue weighted by Crippen LogP contribution is 2.35. The maximum Gasteiger partial charge on any atom is 0.203 e. The molecule has 0 aromatic heterocycles. The zero-order valence-corrected chi connectivity index (χ0v) is 16.0. The van der Waals surface area contributed by atoms with Crippen LogP contribution in [-0.2, 0) is 30.5 Å². The van der Waals surface area contributed by atoms with E-state index in [1.807, 2.05) is 60.7 Å². The average Bonchev–Trinajstić information content (AvgIpc) is 2.70. The largest absolute Gasteiger partial charge is 0.349 e. The number of rotatable bonds is 10. The van der Waals surface area contributed by atoms with E-state index >= 15 is 0 Å². The molecule has 0 amide bonds. The van der Waals surface area contributed by atoms with Crippen molar-refractivity contribution in [3.05, 3.63) is 71.8 Å². The molecule has 0 heterocycles. The first kappa shape index (κ1) is 19.9. The number of hydrogen-bond donors (Lipinski definition) is 0. The van der Waals surface area contributed by atoms with Gasteiger partial charge in [-0.25, -0.2) is 0 Å². The molecule has 0 aliphatic rings. The van der Waals surface area contributed by atoms with Crippen LogP contribution in [0.1, 0.15) is 11.1 Å². The smallest absolute Gasteiger partial charge is 0.203 e. The standard InChI is InChI=1S/C20H26O4S/c1-21-19(22-2,17-11-7-5-8-12-17)15-25-16-20(23-3,24-4)18-13-9-6-10-14-18/h5-14H,15-16H2,1-4H3. The van der Waals surface area contributed by atoms with Crippen molar-refractivity contribution in [2.75, 3.05) is 39.9 Å². The van der Waals surface area contributed by atoms with Crippen LogP contribution >= 0.6 is 11.8 Å². The van der Waals surface area contributed by atoms with E-state index < -0.39 is 11.6 Å². The van der Waals surface area contributed by atoms with Gasteiger partial charge in [0.15, 0.2) is 0 Å². The first-order chi connectivity index (χ1) is 12.2. The third kappa shape index (κ3) is 4.43. The summed E-state index contributed by atoms with van der Waals surface area (Å²) < 4.78 is 22.9. The summed E-state index contributed by atoms with van der Waals surface area (Å²) in [6.07, 6.45) is 0. The minimum Gasteiger partial charge on any atom is -0.349 e. The number of benzene rings is 2. The zero-order chi connectivity index (χ0) is 18.2. The van der Waals surface area contributed by atoms with E-state index in [2.05, 4.69) is 0 Å². The van der Waals surface area contributed by atoms with Crippen LogP contribution in [0, 0.1) is 0 Å². The van der Waals surface area contributed by atoms with E-state index in [1.54, 1.807) is 40.2 Å². The minimum absolute atomic E-state index is 0.602. The molecule has 25 heavy (non-hydrogen) atoms. The predicted molar refractivity (Wildman–Crippen MR) is 102 cm³/mol. The van der Waals surface area contributed by atoms with Gasteiger partial charge in [-0.3, -0.25) is 0 Å². The lowest BCUT2D eigenvalue weighted by molar-refractivity contribution is -0.201. The van der Waals surface area contributed by atoms with Crippen molar-refractivity contribution in [1.82, 2.24) is 0 Å². The van der Waals surface area contributed by atoms with Crippen molar-refractivity contribution in [2.24, 2.45) is 0 Å². The Morgan fingerprint density at radius 2 is 0.920 bits per heavy atom. The fourth-order valence-electron chi connectivity index (χ4n) is 2.74. The molecular weight excluding hydrogens is 336 g/mol. The topological polar surface area (TPSA) is 36.9 Å². The van der Waals surface area contributed by atoms with E-state index in [1.165, 1.54) is 0 Å². The van der Waals surface area contributed by atoms with Gasteiger partial charge >= 0.3 is 0 Å². The third-order valence-corrected chi connectivity index (χ3v) is 5.50. The van der Waals surface area contributed by atoms with Crippen molar-refractivity contribution >= 4 is 11.8 Å². The second-order valence-electron chi connectivity index (χ2n) is 5.55. The second-order valence-corrected chi connectivity index (χ2v) is 6.53. The van der Waals surface area contributed by atoms with E-state index in [9.17, 15) is 0 Å². The first-order valence-corrected chi connectivity index (χ1v) is 9.21. The molecular formula is C20H26O4S. The maximum absolute atomic E-state index is 5.74. The summed E-state index contributed by atoms with van der Waals surface area (Å²) in [5, 5.41) is 0. The zero-order valence-electron chi connectivity index (χ0n) is 15.2. The molecule has 0 bridgehead atoms. The number of methoxy groups -OCH3 is 4. The van der Waals surface area contributed by atoms with Crippen LogP contribution in [0.25, 0.3) is 0 Å². The molecule has 5 heteroatoms.